The number of hydrogen-bond donors (Lipinski definition) is 2. The van der Waals surface area contributed by atoms with Crippen LogP contribution in [0.3, 0.4) is 0 Å². The summed E-state index contributed by atoms with van der Waals surface area (Å²) < 4.78 is 6.99. The van der Waals surface area contributed by atoms with Gasteiger partial charge in [-0.1, -0.05) is 42.5 Å². The third-order valence-electron chi connectivity index (χ3n) is 7.32. The zero-order valence-corrected chi connectivity index (χ0v) is 20.3. The van der Waals surface area contributed by atoms with Crippen LogP contribution in [0.5, 0.6) is 0 Å². The number of hydrogen-bond acceptors (Lipinski definition) is 5. The second kappa shape index (κ2) is 9.68. The number of carbonyl (C=O) groups is 1. The molecule has 33 heavy (non-hydrogen) atoms. The molecule has 0 unspecified atom stereocenters. The number of nitrogens with zero attached hydrogens (tertiary/aromatic N) is 1. The van der Waals surface area contributed by atoms with E-state index in [1.165, 1.54) is 28.2 Å². The van der Waals surface area contributed by atoms with Gasteiger partial charge in [0, 0.05) is 12.8 Å². The highest BCUT2D eigenvalue weighted by atomic mass is 32.1. The van der Waals surface area contributed by atoms with Crippen LogP contribution in [0.1, 0.15) is 28.2 Å². The number of ether oxygens (including phenoxy) is 1. The maximum absolute atomic E-state index is 13.5. The Morgan fingerprint density at radius 1 is 1.03 bits per heavy atom. The third-order valence-corrected chi connectivity index (χ3v) is 9.28. The number of benzene rings is 1. The number of fused-ring (bicyclic) bond motifs is 3. The topological polar surface area (TPSA) is 58.6 Å². The number of aliphatic hydroxyl groups is 1. The standard InChI is InChI=1S/C26H30N2O3S2/c29-25(26(30,23-8-4-16-32-23)24-9-5-17-33-24)27-22-18-28(12-10-21(22)11-13-28)14-15-31-19-20-6-2-1-3-7-20/h1-9,16-17,21-22,30H,10-15,18-19H2/p+1/t21?,22-,28?/m0/s1. The van der Waals surface area contributed by atoms with Crippen molar-refractivity contribution in [2.75, 3.05) is 32.8 Å². The SMILES string of the molecule is O=C(N[C@H]1C[N+]2(CCOCc3ccccc3)CCC1CC2)C(O)(c1cccs1)c1cccs1. The summed E-state index contributed by atoms with van der Waals surface area (Å²) in [5, 5.41) is 18.7. The highest BCUT2D eigenvalue weighted by Crippen LogP contribution is 2.38. The highest BCUT2D eigenvalue weighted by Gasteiger charge is 2.49. The minimum Gasteiger partial charge on any atom is -0.371 e. The largest absolute Gasteiger partial charge is 0.371 e. The Morgan fingerprint density at radius 3 is 2.30 bits per heavy atom. The first-order valence-electron chi connectivity index (χ1n) is 11.7. The molecule has 0 saturated carbocycles. The Hall–Kier alpha value is -2.03. The van der Waals surface area contributed by atoms with Crippen molar-refractivity contribution in [2.24, 2.45) is 5.92 Å². The van der Waals surface area contributed by atoms with Crippen LogP contribution in [0, 0.1) is 5.92 Å². The van der Waals surface area contributed by atoms with Crippen molar-refractivity contribution in [1.82, 2.24) is 5.32 Å². The molecule has 1 aromatic carbocycles. The zero-order valence-electron chi connectivity index (χ0n) is 18.7. The summed E-state index contributed by atoms with van der Waals surface area (Å²) in [6, 6.07) is 17.8. The molecule has 5 nitrogen and oxygen atoms in total. The maximum atomic E-state index is 13.5. The molecule has 0 radical (unpaired) electrons. The van der Waals surface area contributed by atoms with E-state index >= 15 is 0 Å². The van der Waals surface area contributed by atoms with Gasteiger partial charge in [0.25, 0.3) is 5.91 Å². The van der Waals surface area contributed by atoms with Gasteiger partial charge in [0.15, 0.2) is 0 Å². The minimum atomic E-state index is -1.63. The van der Waals surface area contributed by atoms with Gasteiger partial charge in [-0.05, 0) is 34.4 Å². The molecule has 1 amide bonds. The number of nitrogens with one attached hydrogen (secondary N) is 1. The molecule has 6 rings (SSSR count). The lowest BCUT2D eigenvalue weighted by molar-refractivity contribution is -0.944. The summed E-state index contributed by atoms with van der Waals surface area (Å²) in [7, 11) is 0. The Labute approximate surface area is 203 Å². The van der Waals surface area contributed by atoms with Crippen molar-refractivity contribution in [3.8, 4) is 0 Å². The van der Waals surface area contributed by atoms with Crippen LogP contribution in [0.25, 0.3) is 0 Å². The van der Waals surface area contributed by atoms with Gasteiger partial charge in [-0.3, -0.25) is 4.79 Å². The van der Waals surface area contributed by atoms with Gasteiger partial charge < -0.3 is 19.6 Å². The van der Waals surface area contributed by atoms with Crippen molar-refractivity contribution in [2.45, 2.75) is 31.1 Å². The van der Waals surface area contributed by atoms with Gasteiger partial charge >= 0.3 is 0 Å². The highest BCUT2D eigenvalue weighted by molar-refractivity contribution is 7.12. The van der Waals surface area contributed by atoms with Crippen LogP contribution in [-0.2, 0) is 21.7 Å². The first kappa shape index (κ1) is 22.7. The molecule has 174 valence electrons. The molecule has 3 aliphatic heterocycles. The summed E-state index contributed by atoms with van der Waals surface area (Å²) in [5.41, 5.74) is -0.431. The van der Waals surface area contributed by atoms with E-state index < -0.39 is 5.60 Å². The van der Waals surface area contributed by atoms with E-state index in [1.807, 2.05) is 53.2 Å². The molecule has 7 heteroatoms. The van der Waals surface area contributed by atoms with E-state index in [4.69, 9.17) is 4.74 Å². The van der Waals surface area contributed by atoms with E-state index in [2.05, 4.69) is 17.4 Å². The maximum Gasteiger partial charge on any atom is 0.263 e. The Kier molecular flexibility index (Phi) is 6.67. The molecule has 3 fully saturated rings. The molecule has 2 N–H and O–H groups in total. The molecule has 5 heterocycles. The molecule has 1 atom stereocenters. The van der Waals surface area contributed by atoms with Crippen molar-refractivity contribution < 1.29 is 19.1 Å². The fourth-order valence-corrected chi connectivity index (χ4v) is 7.11. The number of amides is 1. The van der Waals surface area contributed by atoms with Crippen LogP contribution < -0.4 is 5.32 Å². The minimum absolute atomic E-state index is 0.0839. The number of piperidine rings is 3. The quantitative estimate of drug-likeness (QED) is 0.357. The second-order valence-corrected chi connectivity index (χ2v) is 11.2. The van der Waals surface area contributed by atoms with E-state index in [0.717, 1.165) is 43.5 Å². The van der Waals surface area contributed by atoms with E-state index in [0.29, 0.717) is 28.9 Å². The number of quaternary nitrogens is 1. The molecule has 3 aliphatic rings. The first-order chi connectivity index (χ1) is 16.1. The van der Waals surface area contributed by atoms with Crippen LogP contribution >= 0.6 is 22.7 Å². The first-order valence-corrected chi connectivity index (χ1v) is 13.4. The Balaban J connectivity index is 1.24. The lowest BCUT2D eigenvalue weighted by Gasteiger charge is -2.53. The van der Waals surface area contributed by atoms with Crippen molar-refractivity contribution in [3.63, 3.8) is 0 Å². The zero-order chi connectivity index (χ0) is 22.7. The predicted molar refractivity (Wildman–Crippen MR) is 132 cm³/mol. The second-order valence-electron chi connectivity index (χ2n) is 9.32. The molecular weight excluding hydrogens is 452 g/mol. The smallest absolute Gasteiger partial charge is 0.263 e. The average molecular weight is 484 g/mol. The molecule has 0 aliphatic carbocycles. The van der Waals surface area contributed by atoms with Crippen LogP contribution in [0.15, 0.2) is 65.4 Å². The monoisotopic (exact) mass is 483 g/mol. The van der Waals surface area contributed by atoms with Crippen molar-refractivity contribution >= 4 is 28.6 Å². The molecule has 2 bridgehead atoms. The fraction of sp³-hybridized carbons (Fsp3) is 0.423. The van der Waals surface area contributed by atoms with Crippen LogP contribution in [0.2, 0.25) is 0 Å². The predicted octanol–water partition coefficient (Wildman–Crippen LogP) is 3.99. The number of carbonyl (C=O) groups excluding carboxylic acids is 1. The van der Waals surface area contributed by atoms with Gasteiger partial charge in [-0.2, -0.15) is 0 Å². The summed E-state index contributed by atoms with van der Waals surface area (Å²) in [6.07, 6.45) is 2.22. The number of thiophene rings is 2. The van der Waals surface area contributed by atoms with E-state index in [1.54, 1.807) is 0 Å². The molecule has 3 aromatic rings. The number of rotatable bonds is 9. The van der Waals surface area contributed by atoms with Crippen LogP contribution in [0.4, 0.5) is 0 Å². The van der Waals surface area contributed by atoms with E-state index in [-0.39, 0.29) is 11.9 Å². The van der Waals surface area contributed by atoms with Crippen molar-refractivity contribution in [3.05, 3.63) is 80.7 Å². The molecule has 0 spiro atoms. The van der Waals surface area contributed by atoms with Crippen LogP contribution in [-0.4, -0.2) is 54.3 Å². The van der Waals surface area contributed by atoms with Crippen molar-refractivity contribution in [1.29, 1.82) is 0 Å². The lowest BCUT2D eigenvalue weighted by Crippen LogP contribution is -2.68. The van der Waals surface area contributed by atoms with Gasteiger partial charge in [-0.15, -0.1) is 22.7 Å². The lowest BCUT2D eigenvalue weighted by atomic mass is 9.81. The average Bonchev–Trinajstić information content (AvgIpc) is 3.58. The molecular formula is C26H31N2O3S2+. The normalized spacial score (nSPS) is 24.6. The molecule has 3 saturated heterocycles. The van der Waals surface area contributed by atoms with Gasteiger partial charge in [0.1, 0.15) is 6.54 Å². The fourth-order valence-electron chi connectivity index (χ4n) is 5.37. The summed E-state index contributed by atoms with van der Waals surface area (Å²) in [6.45, 7) is 5.52. The Morgan fingerprint density at radius 2 is 1.70 bits per heavy atom. The summed E-state index contributed by atoms with van der Waals surface area (Å²) in [4.78, 5) is 14.9. The summed E-state index contributed by atoms with van der Waals surface area (Å²) >= 11 is 2.84. The summed E-state index contributed by atoms with van der Waals surface area (Å²) in [5.74, 6) is 0.180. The van der Waals surface area contributed by atoms with E-state index in [9.17, 15) is 9.90 Å². The van der Waals surface area contributed by atoms with Gasteiger partial charge in [-0.25, -0.2) is 0 Å². The molecule has 2 aromatic heterocycles. The van der Waals surface area contributed by atoms with Gasteiger partial charge in [0.2, 0.25) is 5.60 Å². The third kappa shape index (κ3) is 4.66. The Bertz CT molecular complexity index is 995. The van der Waals surface area contributed by atoms with Gasteiger partial charge in [0.05, 0.1) is 48.6 Å².